The Kier molecular flexibility index (Phi) is 5.73. The van der Waals surface area contributed by atoms with Gasteiger partial charge in [0, 0.05) is 42.1 Å². The number of benzene rings is 7. The average Bonchev–Trinajstić information content (AvgIpc) is 3.79. The van der Waals surface area contributed by atoms with Gasteiger partial charge in [0.05, 0.1) is 16.5 Å². The van der Waals surface area contributed by atoms with E-state index in [-0.39, 0.29) is 30.1 Å². The van der Waals surface area contributed by atoms with Crippen LogP contribution in [-0.2, 0) is 0 Å². The number of rotatable bonds is 5. The number of para-hydroxylation sites is 1. The van der Waals surface area contributed by atoms with Crippen molar-refractivity contribution < 1.29 is 5.48 Å². The molecular formula is C45H28N4S. The molecule has 3 aromatic heterocycles. The molecule has 10 aromatic rings. The Bertz CT molecular complexity index is 3100. The monoisotopic (exact) mass is 660 g/mol. The molecular weight excluding hydrogens is 629 g/mol. The Morgan fingerprint density at radius 3 is 1.96 bits per heavy atom. The summed E-state index contributed by atoms with van der Waals surface area (Å²) in [4.78, 5) is 15.2. The second-order valence-corrected chi connectivity index (χ2v) is 13.2. The molecule has 0 saturated carbocycles. The van der Waals surface area contributed by atoms with E-state index in [1.165, 1.54) is 15.5 Å². The van der Waals surface area contributed by atoms with E-state index >= 15 is 0 Å². The molecule has 3 heterocycles. The summed E-state index contributed by atoms with van der Waals surface area (Å²) >= 11 is 1.72. The van der Waals surface area contributed by atoms with Crippen molar-refractivity contribution in [3.05, 3.63) is 170 Å². The molecule has 0 aliphatic carbocycles. The van der Waals surface area contributed by atoms with Gasteiger partial charge >= 0.3 is 0 Å². The summed E-state index contributed by atoms with van der Waals surface area (Å²) in [5, 5.41) is 3.47. The second kappa shape index (κ2) is 11.6. The van der Waals surface area contributed by atoms with Crippen molar-refractivity contribution in [3.63, 3.8) is 0 Å². The number of aromatic nitrogens is 4. The van der Waals surface area contributed by atoms with E-state index in [4.69, 9.17) is 17.7 Å². The molecule has 50 heavy (non-hydrogen) atoms. The number of thiophene rings is 1. The van der Waals surface area contributed by atoms with Crippen molar-refractivity contribution in [1.82, 2.24) is 19.5 Å². The lowest BCUT2D eigenvalue weighted by atomic mass is 9.92. The minimum atomic E-state index is -0.324. The first-order valence-electron chi connectivity index (χ1n) is 18.4. The first-order chi connectivity index (χ1) is 26.5. The van der Waals surface area contributed by atoms with Crippen LogP contribution in [0.25, 0.3) is 93.0 Å². The van der Waals surface area contributed by atoms with E-state index in [9.17, 15) is 2.74 Å². The molecule has 0 unspecified atom stereocenters. The van der Waals surface area contributed by atoms with Crippen LogP contribution in [-0.4, -0.2) is 19.5 Å². The van der Waals surface area contributed by atoms with Crippen LogP contribution in [0.3, 0.4) is 0 Å². The normalized spacial score (nSPS) is 12.7. The third-order valence-electron chi connectivity index (χ3n) is 9.22. The molecule has 7 aromatic carbocycles. The van der Waals surface area contributed by atoms with Crippen LogP contribution >= 0.6 is 11.3 Å². The van der Waals surface area contributed by atoms with Gasteiger partial charge in [0.25, 0.3) is 0 Å². The van der Waals surface area contributed by atoms with Crippen LogP contribution in [0.5, 0.6) is 0 Å². The molecule has 5 heteroatoms. The molecule has 0 saturated heterocycles. The lowest BCUT2D eigenvalue weighted by Gasteiger charge is -2.13. The summed E-state index contributed by atoms with van der Waals surface area (Å²) in [5.41, 5.74) is 6.41. The maximum absolute atomic E-state index is 9.30. The molecule has 0 spiro atoms. The Morgan fingerprint density at radius 2 is 1.12 bits per heavy atom. The van der Waals surface area contributed by atoms with Crippen molar-refractivity contribution in [2.24, 2.45) is 0 Å². The predicted octanol–water partition coefficient (Wildman–Crippen LogP) is 12.0. The highest BCUT2D eigenvalue weighted by atomic mass is 32.1. The van der Waals surface area contributed by atoms with Crippen molar-refractivity contribution in [2.45, 2.75) is 0 Å². The summed E-state index contributed by atoms with van der Waals surface area (Å²) in [6.07, 6.45) is 0. The maximum Gasteiger partial charge on any atom is 0.238 e. The lowest BCUT2D eigenvalue weighted by molar-refractivity contribution is 0.954. The summed E-state index contributed by atoms with van der Waals surface area (Å²) in [6.45, 7) is 0. The minimum absolute atomic E-state index is 0.118. The van der Waals surface area contributed by atoms with E-state index in [0.29, 0.717) is 33.5 Å². The molecule has 0 bridgehead atoms. The van der Waals surface area contributed by atoms with E-state index in [1.807, 2.05) is 84.9 Å². The summed E-state index contributed by atoms with van der Waals surface area (Å²) < 4.78 is 40.2. The van der Waals surface area contributed by atoms with Crippen LogP contribution in [0.2, 0.25) is 0 Å². The third-order valence-corrected chi connectivity index (χ3v) is 10.4. The standard InChI is InChI=1S/C45H28N4S/c1-3-14-29(15-4-1)32-18-7-8-19-33(32)36-22-13-24-39-42(36)37-21-9-11-23-38(37)49(39)45-47-43(30-16-5-2-6-17-30)46-44(48-45)31-26-27-35-34-20-10-12-25-40(34)50-41(35)28-31/h1-28H/i9D,11D,21D,23D. The summed E-state index contributed by atoms with van der Waals surface area (Å²) in [6, 6.07) is 47.7. The Hall–Kier alpha value is -6.43. The van der Waals surface area contributed by atoms with Crippen LogP contribution < -0.4 is 0 Å². The lowest BCUT2D eigenvalue weighted by Crippen LogP contribution is -2.06. The molecule has 0 N–H and O–H groups in total. The van der Waals surface area contributed by atoms with E-state index in [1.54, 1.807) is 15.9 Å². The molecule has 0 aliphatic rings. The Balaban J connectivity index is 1.30. The van der Waals surface area contributed by atoms with Crippen molar-refractivity contribution >= 4 is 53.3 Å². The van der Waals surface area contributed by atoms with Gasteiger partial charge in [-0.2, -0.15) is 9.97 Å². The molecule has 0 amide bonds. The zero-order chi connectivity index (χ0) is 36.5. The van der Waals surface area contributed by atoms with Gasteiger partial charge < -0.3 is 0 Å². The SMILES string of the molecule is [2H]c1c([2H])c([2H])c2c(c1[2H])c1c(-c3ccccc3-c3ccccc3)cccc1n2-c1nc(-c2ccccc2)nc(-c2ccc3c(c2)sc2ccccc23)n1. The second-order valence-electron chi connectivity index (χ2n) is 12.1. The Labute approximate surface area is 298 Å². The highest BCUT2D eigenvalue weighted by molar-refractivity contribution is 7.25. The number of fused-ring (bicyclic) bond motifs is 6. The fourth-order valence-electron chi connectivity index (χ4n) is 6.96. The fraction of sp³-hybridized carbons (Fsp3) is 0. The third kappa shape index (κ3) is 4.63. The summed E-state index contributed by atoms with van der Waals surface area (Å²) in [7, 11) is 0. The zero-order valence-electron chi connectivity index (χ0n) is 30.6. The molecule has 0 fully saturated rings. The predicted molar refractivity (Wildman–Crippen MR) is 209 cm³/mol. The van der Waals surface area contributed by atoms with Gasteiger partial charge in [0.1, 0.15) is 0 Å². The van der Waals surface area contributed by atoms with Crippen LogP contribution in [0.4, 0.5) is 0 Å². The van der Waals surface area contributed by atoms with E-state index in [0.717, 1.165) is 38.1 Å². The molecule has 0 atom stereocenters. The quantitative estimate of drug-likeness (QED) is 0.184. The molecule has 0 radical (unpaired) electrons. The minimum Gasteiger partial charge on any atom is -0.278 e. The van der Waals surface area contributed by atoms with Crippen LogP contribution in [0.1, 0.15) is 5.48 Å². The highest BCUT2D eigenvalue weighted by Gasteiger charge is 2.21. The smallest absolute Gasteiger partial charge is 0.238 e. The van der Waals surface area contributed by atoms with Gasteiger partial charge in [-0.1, -0.05) is 146 Å². The molecule has 234 valence electrons. The molecule has 10 rings (SSSR count). The van der Waals surface area contributed by atoms with Gasteiger partial charge in [-0.15, -0.1) is 11.3 Å². The number of nitrogens with zero attached hydrogens (tertiary/aromatic N) is 4. The first kappa shape index (κ1) is 24.7. The average molecular weight is 661 g/mol. The molecule has 0 aliphatic heterocycles. The van der Waals surface area contributed by atoms with Crippen molar-refractivity contribution in [2.75, 3.05) is 0 Å². The van der Waals surface area contributed by atoms with Gasteiger partial charge in [-0.25, -0.2) is 4.98 Å². The van der Waals surface area contributed by atoms with E-state index in [2.05, 4.69) is 60.7 Å². The zero-order valence-corrected chi connectivity index (χ0v) is 27.4. The first-order valence-corrected chi connectivity index (χ1v) is 17.2. The van der Waals surface area contributed by atoms with Gasteiger partial charge in [0.2, 0.25) is 5.95 Å². The van der Waals surface area contributed by atoms with Crippen LogP contribution in [0.15, 0.2) is 170 Å². The largest absolute Gasteiger partial charge is 0.278 e. The number of hydrogen-bond acceptors (Lipinski definition) is 4. The van der Waals surface area contributed by atoms with Gasteiger partial charge in [-0.05, 0) is 46.5 Å². The maximum atomic E-state index is 9.30. The fourth-order valence-corrected chi connectivity index (χ4v) is 8.10. The van der Waals surface area contributed by atoms with Gasteiger partial charge in [-0.3, -0.25) is 4.57 Å². The van der Waals surface area contributed by atoms with Crippen molar-refractivity contribution in [1.29, 1.82) is 0 Å². The highest BCUT2D eigenvalue weighted by Crippen LogP contribution is 2.42. The molecule has 4 nitrogen and oxygen atoms in total. The van der Waals surface area contributed by atoms with Crippen LogP contribution in [0, 0.1) is 0 Å². The topological polar surface area (TPSA) is 43.6 Å². The summed E-state index contributed by atoms with van der Waals surface area (Å²) in [5.74, 6) is 1.17. The number of hydrogen-bond donors (Lipinski definition) is 0. The van der Waals surface area contributed by atoms with Crippen molar-refractivity contribution in [3.8, 4) is 51.0 Å². The Morgan fingerprint density at radius 1 is 0.460 bits per heavy atom. The van der Waals surface area contributed by atoms with Gasteiger partial charge in [0.15, 0.2) is 11.6 Å². The van der Waals surface area contributed by atoms with E-state index < -0.39 is 0 Å².